The maximum atomic E-state index is 15.2. The second kappa shape index (κ2) is 7.84. The SMILES string of the molecule is Cn1cc(C(=O)O)c(=O)c2c3cc(F)c(N4CCN(c5ccc(F)cc5)CC4)cc3ncc21. The number of carboxylic acids is 1. The fourth-order valence-corrected chi connectivity index (χ4v) is 4.41. The molecule has 33 heavy (non-hydrogen) atoms. The molecule has 7 nitrogen and oxygen atoms in total. The fraction of sp³-hybridized carbons (Fsp3) is 0.208. The third kappa shape index (κ3) is 3.55. The van der Waals surface area contributed by atoms with Gasteiger partial charge < -0.3 is 19.5 Å². The summed E-state index contributed by atoms with van der Waals surface area (Å²) in [5, 5.41) is 9.79. The van der Waals surface area contributed by atoms with E-state index in [1.54, 1.807) is 25.2 Å². The molecule has 1 N–H and O–H groups in total. The van der Waals surface area contributed by atoms with Crippen molar-refractivity contribution < 1.29 is 18.7 Å². The highest BCUT2D eigenvalue weighted by molar-refractivity contribution is 6.07. The van der Waals surface area contributed by atoms with Crippen LogP contribution < -0.4 is 15.2 Å². The molecule has 1 aliphatic heterocycles. The minimum Gasteiger partial charge on any atom is -0.477 e. The number of carbonyl (C=O) groups is 1. The average Bonchev–Trinajstić information content (AvgIpc) is 2.81. The minimum atomic E-state index is -1.33. The van der Waals surface area contributed by atoms with Gasteiger partial charge in [0.05, 0.1) is 28.3 Å². The Morgan fingerprint density at radius 2 is 1.70 bits per heavy atom. The summed E-state index contributed by atoms with van der Waals surface area (Å²) in [6.07, 6.45) is 2.74. The molecule has 2 aromatic carbocycles. The maximum Gasteiger partial charge on any atom is 0.341 e. The number of hydrogen-bond donors (Lipinski definition) is 1. The monoisotopic (exact) mass is 450 g/mol. The zero-order valence-corrected chi connectivity index (χ0v) is 17.8. The zero-order chi connectivity index (χ0) is 23.3. The molecular weight excluding hydrogens is 430 g/mol. The van der Waals surface area contributed by atoms with E-state index in [2.05, 4.69) is 9.88 Å². The fourth-order valence-electron chi connectivity index (χ4n) is 4.41. The lowest BCUT2D eigenvalue weighted by molar-refractivity contribution is 0.0695. The molecular formula is C24H20F2N4O3. The van der Waals surface area contributed by atoms with Crippen molar-refractivity contribution in [2.75, 3.05) is 36.0 Å². The van der Waals surface area contributed by atoms with Crippen molar-refractivity contribution in [1.82, 2.24) is 9.55 Å². The van der Waals surface area contributed by atoms with Crippen molar-refractivity contribution in [3.63, 3.8) is 0 Å². The Bertz CT molecular complexity index is 1460. The molecule has 1 fully saturated rings. The van der Waals surface area contributed by atoms with Crippen LogP contribution in [0.1, 0.15) is 10.4 Å². The Kier molecular flexibility index (Phi) is 4.96. The number of aromatic carboxylic acids is 1. The number of aromatic nitrogens is 2. The van der Waals surface area contributed by atoms with Crippen molar-refractivity contribution in [3.8, 4) is 0 Å². The second-order valence-corrected chi connectivity index (χ2v) is 8.08. The van der Waals surface area contributed by atoms with Gasteiger partial charge in [-0.1, -0.05) is 0 Å². The third-order valence-corrected chi connectivity index (χ3v) is 6.13. The molecule has 0 bridgehead atoms. The standard InChI is InChI=1S/C24H20F2N4O3/c1-28-13-17(24(32)33)23(31)22-16-10-18(26)20(11-19(16)27-12-21(22)28)30-8-6-29(7-9-30)15-4-2-14(25)3-5-15/h2-5,10-13H,6-9H2,1H3,(H,32,33). The molecule has 168 valence electrons. The summed E-state index contributed by atoms with van der Waals surface area (Å²) in [5.74, 6) is -2.13. The van der Waals surface area contributed by atoms with Crippen LogP contribution in [0.3, 0.4) is 0 Å². The highest BCUT2D eigenvalue weighted by Crippen LogP contribution is 2.30. The van der Waals surface area contributed by atoms with Crippen LogP contribution in [0.5, 0.6) is 0 Å². The van der Waals surface area contributed by atoms with E-state index in [0.717, 1.165) is 5.69 Å². The van der Waals surface area contributed by atoms with Crippen LogP contribution in [-0.4, -0.2) is 46.8 Å². The molecule has 0 saturated carbocycles. The van der Waals surface area contributed by atoms with Crippen molar-refractivity contribution in [1.29, 1.82) is 0 Å². The summed E-state index contributed by atoms with van der Waals surface area (Å²) in [4.78, 5) is 32.8. The predicted octanol–water partition coefficient (Wildman–Crippen LogP) is 3.39. The van der Waals surface area contributed by atoms with Gasteiger partial charge in [0.25, 0.3) is 0 Å². The summed E-state index contributed by atoms with van der Waals surface area (Å²) in [6.45, 7) is 2.38. The summed E-state index contributed by atoms with van der Waals surface area (Å²) in [6, 6.07) is 9.15. The van der Waals surface area contributed by atoms with Crippen molar-refractivity contribution in [2.45, 2.75) is 0 Å². The lowest BCUT2D eigenvalue weighted by Gasteiger charge is -2.37. The van der Waals surface area contributed by atoms with Gasteiger partial charge in [0.15, 0.2) is 0 Å². The Labute approximate surface area is 187 Å². The van der Waals surface area contributed by atoms with E-state index >= 15 is 4.39 Å². The number of fused-ring (bicyclic) bond motifs is 3. The Morgan fingerprint density at radius 3 is 2.36 bits per heavy atom. The molecule has 0 spiro atoms. The van der Waals surface area contributed by atoms with Crippen LogP contribution in [0.4, 0.5) is 20.2 Å². The van der Waals surface area contributed by atoms with E-state index in [-0.39, 0.29) is 22.2 Å². The number of carboxylic acid groups (broad SMARTS) is 1. The van der Waals surface area contributed by atoms with Crippen LogP contribution in [0.25, 0.3) is 21.8 Å². The van der Waals surface area contributed by atoms with Crippen molar-refractivity contribution in [3.05, 3.63) is 76.2 Å². The molecule has 4 aromatic rings. The zero-order valence-electron chi connectivity index (χ0n) is 17.8. The maximum absolute atomic E-state index is 15.2. The number of aryl methyl sites for hydroxylation is 1. The van der Waals surface area contributed by atoms with Gasteiger partial charge in [0, 0.05) is 50.5 Å². The summed E-state index contributed by atoms with van der Waals surface area (Å²) in [5.41, 5.74) is 1.09. The van der Waals surface area contributed by atoms with Crippen LogP contribution >= 0.6 is 0 Å². The van der Waals surface area contributed by atoms with Gasteiger partial charge in [-0.05, 0) is 36.4 Å². The predicted molar refractivity (Wildman–Crippen MR) is 122 cm³/mol. The molecule has 0 unspecified atom stereocenters. The summed E-state index contributed by atoms with van der Waals surface area (Å²) >= 11 is 0. The number of anilines is 2. The van der Waals surface area contributed by atoms with E-state index in [4.69, 9.17) is 0 Å². The van der Waals surface area contributed by atoms with Crippen LogP contribution in [0, 0.1) is 11.6 Å². The number of pyridine rings is 2. The molecule has 1 saturated heterocycles. The normalized spacial score (nSPS) is 14.3. The Morgan fingerprint density at radius 1 is 1.03 bits per heavy atom. The molecule has 2 aromatic heterocycles. The first-order chi connectivity index (χ1) is 15.8. The van der Waals surface area contributed by atoms with Crippen LogP contribution in [-0.2, 0) is 7.05 Å². The largest absolute Gasteiger partial charge is 0.477 e. The molecule has 1 aliphatic rings. The highest BCUT2D eigenvalue weighted by Gasteiger charge is 2.22. The lowest BCUT2D eigenvalue weighted by atomic mass is 10.1. The van der Waals surface area contributed by atoms with E-state index < -0.39 is 17.2 Å². The van der Waals surface area contributed by atoms with Gasteiger partial charge in [-0.25, -0.2) is 13.6 Å². The number of hydrogen-bond acceptors (Lipinski definition) is 5. The van der Waals surface area contributed by atoms with Crippen LogP contribution in [0.2, 0.25) is 0 Å². The average molecular weight is 450 g/mol. The smallest absolute Gasteiger partial charge is 0.341 e. The Hall–Kier alpha value is -4.01. The molecule has 9 heteroatoms. The molecule has 3 heterocycles. The molecule has 0 radical (unpaired) electrons. The number of piperazine rings is 1. The van der Waals surface area contributed by atoms with E-state index in [0.29, 0.717) is 42.9 Å². The van der Waals surface area contributed by atoms with Crippen LogP contribution in [0.15, 0.2) is 53.6 Å². The molecule has 5 rings (SSSR count). The van der Waals surface area contributed by atoms with E-state index in [1.165, 1.54) is 35.2 Å². The summed E-state index contributed by atoms with van der Waals surface area (Å²) < 4.78 is 29.9. The van der Waals surface area contributed by atoms with Gasteiger partial charge in [-0.15, -0.1) is 0 Å². The first-order valence-electron chi connectivity index (χ1n) is 10.4. The Balaban J connectivity index is 1.52. The topological polar surface area (TPSA) is 78.7 Å². The van der Waals surface area contributed by atoms with Crippen molar-refractivity contribution in [2.24, 2.45) is 7.05 Å². The molecule has 0 atom stereocenters. The minimum absolute atomic E-state index is 0.133. The van der Waals surface area contributed by atoms with Gasteiger partial charge in [-0.2, -0.15) is 0 Å². The third-order valence-electron chi connectivity index (χ3n) is 6.13. The number of halogens is 2. The summed E-state index contributed by atoms with van der Waals surface area (Å²) in [7, 11) is 1.62. The van der Waals surface area contributed by atoms with E-state index in [9.17, 15) is 19.1 Å². The van der Waals surface area contributed by atoms with E-state index in [1.807, 2.05) is 4.90 Å². The van der Waals surface area contributed by atoms with Gasteiger partial charge in [0.1, 0.15) is 17.2 Å². The highest BCUT2D eigenvalue weighted by atomic mass is 19.1. The number of benzene rings is 2. The first kappa shape index (κ1) is 20.9. The van der Waals surface area contributed by atoms with Gasteiger partial charge in [-0.3, -0.25) is 9.78 Å². The number of rotatable bonds is 3. The first-order valence-corrected chi connectivity index (χ1v) is 10.4. The quantitative estimate of drug-likeness (QED) is 0.482. The molecule has 0 amide bonds. The van der Waals surface area contributed by atoms with Gasteiger partial charge >= 0.3 is 5.97 Å². The van der Waals surface area contributed by atoms with Gasteiger partial charge in [0.2, 0.25) is 5.43 Å². The van der Waals surface area contributed by atoms with Crippen molar-refractivity contribution >= 4 is 39.1 Å². The second-order valence-electron chi connectivity index (χ2n) is 8.08. The number of nitrogens with zero attached hydrogens (tertiary/aromatic N) is 4. The molecule has 0 aliphatic carbocycles. The lowest BCUT2D eigenvalue weighted by Crippen LogP contribution is -2.46.